The molecule has 0 fully saturated rings. The number of amides is 1. The van der Waals surface area contributed by atoms with Crippen molar-refractivity contribution in [1.29, 1.82) is 0 Å². The van der Waals surface area contributed by atoms with E-state index in [2.05, 4.69) is 35.0 Å². The van der Waals surface area contributed by atoms with Gasteiger partial charge in [0.05, 0.1) is 23.4 Å². The van der Waals surface area contributed by atoms with Crippen molar-refractivity contribution in [3.63, 3.8) is 0 Å². The molecule has 0 radical (unpaired) electrons. The van der Waals surface area contributed by atoms with E-state index < -0.39 is 10.1 Å². The Bertz CT molecular complexity index is 1760. The van der Waals surface area contributed by atoms with Crippen molar-refractivity contribution in [2.75, 3.05) is 18.6 Å². The number of aromatic hydroxyl groups is 1. The molecule has 1 amide bonds. The second-order valence-corrected chi connectivity index (χ2v) is 13.4. The van der Waals surface area contributed by atoms with Gasteiger partial charge in [0.2, 0.25) is 0 Å². The second kappa shape index (κ2) is 15.9. The fourth-order valence-electron chi connectivity index (χ4n) is 5.02. The first-order chi connectivity index (χ1) is 22.4. The van der Waals surface area contributed by atoms with Crippen molar-refractivity contribution in [2.45, 2.75) is 57.9 Å². The summed E-state index contributed by atoms with van der Waals surface area (Å²) < 4.78 is 51.8. The molecule has 4 aromatic rings. The van der Waals surface area contributed by atoms with Crippen LogP contribution in [-0.4, -0.2) is 42.1 Å². The lowest BCUT2D eigenvalue weighted by Gasteiger charge is -2.25. The van der Waals surface area contributed by atoms with E-state index in [0.717, 1.165) is 36.8 Å². The molecule has 0 spiro atoms. The van der Waals surface area contributed by atoms with Gasteiger partial charge in [-0.3, -0.25) is 9.35 Å². The van der Waals surface area contributed by atoms with Crippen molar-refractivity contribution in [1.82, 2.24) is 15.7 Å². The third-order valence-corrected chi connectivity index (χ3v) is 8.66. The van der Waals surface area contributed by atoms with Gasteiger partial charge in [-0.05, 0) is 84.2 Å². The second-order valence-electron chi connectivity index (χ2n) is 12.0. The summed E-state index contributed by atoms with van der Waals surface area (Å²) in [7, 11) is -4.34. The summed E-state index contributed by atoms with van der Waals surface area (Å²) >= 11 is 0. The lowest BCUT2D eigenvalue weighted by molar-refractivity contribution is 0.0928. The maximum absolute atomic E-state index is 13.3. The summed E-state index contributed by atoms with van der Waals surface area (Å²) in [6, 6.07) is 18.9. The maximum Gasteiger partial charge on any atom is 0.294 e. The number of anilines is 1. The van der Waals surface area contributed by atoms with Gasteiger partial charge in [-0.25, -0.2) is 14.8 Å². The van der Waals surface area contributed by atoms with Crippen molar-refractivity contribution in [3.05, 3.63) is 102 Å². The minimum atomic E-state index is -4.34. The van der Waals surface area contributed by atoms with Gasteiger partial charge in [-0.1, -0.05) is 51.1 Å². The van der Waals surface area contributed by atoms with E-state index in [9.17, 15) is 27.3 Å². The molecule has 0 aliphatic carbocycles. The zero-order chi connectivity index (χ0) is 34.0. The molecule has 1 heterocycles. The van der Waals surface area contributed by atoms with Gasteiger partial charge in [-0.15, -0.1) is 0 Å². The Morgan fingerprint density at radius 3 is 2.43 bits per heavy atom. The molecule has 3 aromatic carbocycles. The van der Waals surface area contributed by atoms with Crippen LogP contribution in [0.25, 0.3) is 11.1 Å². The van der Waals surface area contributed by atoms with Crippen LogP contribution in [0.2, 0.25) is 0 Å². The largest absolute Gasteiger partial charge is 0.507 e. The number of phenolic OH excluding ortho intramolecular Hbond substituents is 1. The van der Waals surface area contributed by atoms with Gasteiger partial charge in [-0.2, -0.15) is 8.42 Å². The highest BCUT2D eigenvalue weighted by atomic mass is 32.2. The number of carbonyl (C=O) groups is 1. The van der Waals surface area contributed by atoms with E-state index in [-0.39, 0.29) is 40.0 Å². The lowest BCUT2D eigenvalue weighted by atomic mass is 9.87. The Labute approximate surface area is 275 Å². The monoisotopic (exact) mass is 664 g/mol. The number of phenols is 1. The van der Waals surface area contributed by atoms with E-state index in [0.29, 0.717) is 35.7 Å². The molecule has 4 rings (SSSR count). The highest BCUT2D eigenvalue weighted by Gasteiger charge is 2.20. The number of nitrogens with one attached hydrogen (secondary N) is 3. The van der Waals surface area contributed by atoms with Gasteiger partial charge in [0.15, 0.2) is 0 Å². The Balaban J connectivity index is 1.18. The average Bonchev–Trinajstić information content (AvgIpc) is 3.04. The van der Waals surface area contributed by atoms with Gasteiger partial charge >= 0.3 is 0 Å². The molecule has 47 heavy (non-hydrogen) atoms. The quantitative estimate of drug-likeness (QED) is 0.0512. The highest BCUT2D eigenvalue weighted by Crippen LogP contribution is 2.36. The van der Waals surface area contributed by atoms with Gasteiger partial charge in [0.1, 0.15) is 23.0 Å². The van der Waals surface area contributed by atoms with Crippen LogP contribution in [0.4, 0.5) is 10.1 Å². The summed E-state index contributed by atoms with van der Waals surface area (Å²) in [6.45, 7) is 7.25. The first-order valence-electron chi connectivity index (χ1n) is 15.4. The third-order valence-electron chi connectivity index (χ3n) is 7.71. The van der Waals surface area contributed by atoms with Crippen molar-refractivity contribution in [2.24, 2.45) is 5.41 Å². The summed E-state index contributed by atoms with van der Waals surface area (Å²) in [6.07, 6.45) is 4.74. The number of hydrogen-bond acceptors (Lipinski definition) is 8. The van der Waals surface area contributed by atoms with Crippen molar-refractivity contribution in [3.8, 4) is 22.6 Å². The number of aromatic nitrogens is 1. The molecule has 0 saturated heterocycles. The smallest absolute Gasteiger partial charge is 0.294 e. The SMILES string of the molecule is CCc1cc(-c2ccc(F)cc2)c(O)cc1OCCCCC(C)(C)CNC(=O)c1ccc(NNCc2ccccc2S(=O)(=O)O)cn1. The molecule has 0 aliphatic heterocycles. The number of hydrazine groups is 1. The standard InChI is InChI=1S/C35H41FN4O6S/c1-4-24-19-29(25-11-13-27(36)14-12-25)31(41)20-32(24)46-18-8-7-17-35(2,3)23-38-34(42)30-16-15-28(22-37-30)40-39-21-26-9-5-6-10-33(26)47(43,44)45/h5-6,9-16,19-20,22,39-41H,4,7-8,17-18,21,23H2,1-3H3,(H,38,42)(H,43,44,45). The molecule has 0 bridgehead atoms. The van der Waals surface area contributed by atoms with Crippen LogP contribution in [0, 0.1) is 11.2 Å². The summed E-state index contributed by atoms with van der Waals surface area (Å²) in [5, 5.41) is 13.6. The zero-order valence-corrected chi connectivity index (χ0v) is 27.5. The zero-order valence-electron chi connectivity index (χ0n) is 26.7. The molecule has 1 aromatic heterocycles. The highest BCUT2D eigenvalue weighted by molar-refractivity contribution is 7.85. The Kier molecular flexibility index (Phi) is 11.9. The summed E-state index contributed by atoms with van der Waals surface area (Å²) in [4.78, 5) is 16.8. The molecular weight excluding hydrogens is 623 g/mol. The Morgan fingerprint density at radius 2 is 1.74 bits per heavy atom. The number of unbranched alkanes of at least 4 members (excludes halogenated alkanes) is 1. The Hall–Kier alpha value is -4.52. The molecule has 10 nitrogen and oxygen atoms in total. The number of pyridine rings is 1. The molecular formula is C35H41FN4O6S. The number of rotatable bonds is 16. The van der Waals surface area contributed by atoms with Crippen LogP contribution in [0.1, 0.15) is 61.6 Å². The first-order valence-corrected chi connectivity index (χ1v) is 16.8. The predicted octanol–water partition coefficient (Wildman–Crippen LogP) is 6.52. The van der Waals surface area contributed by atoms with Gasteiger partial charge < -0.3 is 20.6 Å². The predicted molar refractivity (Wildman–Crippen MR) is 179 cm³/mol. The van der Waals surface area contributed by atoms with Crippen LogP contribution >= 0.6 is 0 Å². The number of halogens is 1. The van der Waals surface area contributed by atoms with Crippen molar-refractivity contribution < 1.29 is 32.0 Å². The van der Waals surface area contributed by atoms with E-state index in [4.69, 9.17) is 4.74 Å². The lowest BCUT2D eigenvalue weighted by Crippen LogP contribution is -2.34. The fourth-order valence-corrected chi connectivity index (χ4v) is 5.74. The number of hydrogen-bond donors (Lipinski definition) is 5. The van der Waals surface area contributed by atoms with Gasteiger partial charge in [0.25, 0.3) is 16.0 Å². The van der Waals surface area contributed by atoms with Crippen molar-refractivity contribution >= 4 is 21.7 Å². The molecule has 250 valence electrons. The number of ether oxygens (including phenoxy) is 1. The minimum Gasteiger partial charge on any atom is -0.507 e. The number of aryl methyl sites for hydroxylation is 1. The molecule has 5 N–H and O–H groups in total. The molecule has 12 heteroatoms. The topological polar surface area (TPSA) is 150 Å². The Morgan fingerprint density at radius 1 is 1.00 bits per heavy atom. The van der Waals surface area contributed by atoms with E-state index in [1.165, 1.54) is 30.5 Å². The molecule has 0 unspecified atom stereocenters. The van der Waals surface area contributed by atoms with Crippen LogP contribution in [0.15, 0.2) is 83.9 Å². The van der Waals surface area contributed by atoms with Gasteiger partial charge in [0, 0.05) is 24.7 Å². The maximum atomic E-state index is 13.3. The van der Waals surface area contributed by atoms with E-state index in [1.807, 2.05) is 13.0 Å². The number of carbonyl (C=O) groups excluding carboxylic acids is 1. The molecule has 0 aliphatic rings. The number of nitrogens with zero attached hydrogens (tertiary/aromatic N) is 1. The average molecular weight is 665 g/mol. The fraction of sp³-hybridized carbons (Fsp3) is 0.314. The summed E-state index contributed by atoms with van der Waals surface area (Å²) in [5.41, 5.74) is 9.17. The summed E-state index contributed by atoms with van der Waals surface area (Å²) in [5.74, 6) is 0.0923. The van der Waals surface area contributed by atoms with Crippen LogP contribution in [0.3, 0.4) is 0 Å². The van der Waals surface area contributed by atoms with Crippen LogP contribution < -0.4 is 20.9 Å². The van der Waals surface area contributed by atoms with Crippen LogP contribution in [-0.2, 0) is 23.1 Å². The minimum absolute atomic E-state index is 0.0812. The third kappa shape index (κ3) is 10.2. The number of benzene rings is 3. The van der Waals surface area contributed by atoms with E-state index >= 15 is 0 Å². The van der Waals surface area contributed by atoms with E-state index in [1.54, 1.807) is 42.5 Å². The van der Waals surface area contributed by atoms with Crippen LogP contribution in [0.5, 0.6) is 11.5 Å². The first kappa shape index (κ1) is 35.3. The molecule has 0 saturated carbocycles. The molecule has 0 atom stereocenters. The normalized spacial score (nSPS) is 11.7.